The molecule has 0 saturated carbocycles. The fraction of sp³-hybridized carbons (Fsp3) is 0.421. The van der Waals surface area contributed by atoms with Gasteiger partial charge in [-0.25, -0.2) is 4.99 Å². The lowest BCUT2D eigenvalue weighted by atomic mass is 10.00. The van der Waals surface area contributed by atoms with Gasteiger partial charge in [-0.05, 0) is 24.3 Å². The number of aromatic nitrogens is 1. The molecule has 0 amide bonds. The summed E-state index contributed by atoms with van der Waals surface area (Å²) in [6.07, 6.45) is -14.7. The third-order valence-corrected chi connectivity index (χ3v) is 5.58. The highest BCUT2D eigenvalue weighted by molar-refractivity contribution is 6.53. The number of nitrogens with one attached hydrogen (secondary N) is 1. The predicted molar refractivity (Wildman–Crippen MR) is 103 cm³/mol. The highest BCUT2D eigenvalue weighted by Gasteiger charge is 2.83. The van der Waals surface area contributed by atoms with Crippen LogP contribution in [0.5, 0.6) is 0 Å². The van der Waals surface area contributed by atoms with Crippen molar-refractivity contribution in [1.82, 2.24) is 4.98 Å². The molecule has 44 heavy (non-hydrogen) atoms. The van der Waals surface area contributed by atoms with E-state index in [1.54, 1.807) is 0 Å². The Kier molecular flexibility index (Phi) is 7.71. The third-order valence-electron chi connectivity index (χ3n) is 5.58. The van der Waals surface area contributed by atoms with E-state index >= 15 is 0 Å². The summed E-state index contributed by atoms with van der Waals surface area (Å²) in [5.41, 5.74) is -7.82. The Morgan fingerprint density at radius 3 is 1.55 bits per heavy atom. The van der Waals surface area contributed by atoms with Crippen molar-refractivity contribution in [3.63, 3.8) is 0 Å². The van der Waals surface area contributed by atoms with Crippen molar-refractivity contribution in [2.75, 3.05) is 0 Å². The molecule has 3 rings (SSSR count). The van der Waals surface area contributed by atoms with E-state index in [1.807, 2.05) is 0 Å². The van der Waals surface area contributed by atoms with Gasteiger partial charge >= 0.3 is 55.0 Å². The molecule has 2 aliphatic heterocycles. The van der Waals surface area contributed by atoms with E-state index in [1.165, 1.54) is 0 Å². The zero-order valence-corrected chi connectivity index (χ0v) is 19.8. The molecule has 0 aromatic carbocycles. The normalized spacial score (nSPS) is 20.7. The second-order valence-electron chi connectivity index (χ2n) is 8.59. The van der Waals surface area contributed by atoms with E-state index in [4.69, 9.17) is 0 Å². The van der Waals surface area contributed by atoms with Crippen LogP contribution in [0.3, 0.4) is 0 Å². The summed E-state index contributed by atoms with van der Waals surface area (Å²) in [7, 11) is -5.80. The highest BCUT2D eigenvalue weighted by Crippen LogP contribution is 2.57. The molecule has 2 aliphatic rings. The first-order valence-electron chi connectivity index (χ1n) is 10.6. The van der Waals surface area contributed by atoms with Crippen LogP contribution in [0, 0.1) is 0 Å². The van der Waals surface area contributed by atoms with Crippen LogP contribution in [0.25, 0.3) is 5.76 Å². The second-order valence-corrected chi connectivity index (χ2v) is 8.59. The van der Waals surface area contributed by atoms with Gasteiger partial charge in [0.2, 0.25) is 0 Å². The van der Waals surface area contributed by atoms with Gasteiger partial charge in [0.1, 0.15) is 22.9 Å². The van der Waals surface area contributed by atoms with Crippen LogP contribution in [0.15, 0.2) is 46.8 Å². The average Bonchev–Trinajstić information content (AvgIpc) is 3.52. The van der Waals surface area contributed by atoms with Crippen molar-refractivity contribution in [2.45, 2.75) is 47.9 Å². The summed E-state index contributed by atoms with van der Waals surface area (Å²) in [6, 6.07) is -0.216. The molecule has 4 nitrogen and oxygen atoms in total. The van der Waals surface area contributed by atoms with Gasteiger partial charge in [0.05, 0.1) is 11.4 Å². The van der Waals surface area contributed by atoms with Crippen LogP contribution in [-0.4, -0.2) is 59.8 Å². The molecule has 0 fully saturated rings. The Labute approximate surface area is 227 Å². The van der Waals surface area contributed by atoms with Gasteiger partial charge in [-0.15, -0.1) is 0 Å². The van der Waals surface area contributed by atoms with Crippen molar-refractivity contribution in [3.05, 3.63) is 53.2 Å². The largest absolute Gasteiger partial charge is 0.726 e. The molecule has 25 heteroatoms. The first kappa shape index (κ1) is 34.9. The van der Waals surface area contributed by atoms with E-state index in [0.29, 0.717) is 0 Å². The lowest BCUT2D eigenvalue weighted by Crippen LogP contribution is -2.63. The predicted octanol–water partition coefficient (Wildman–Crippen LogP) is 8.39. The zero-order chi connectivity index (χ0) is 34.3. The van der Waals surface area contributed by atoms with Crippen LogP contribution in [0.1, 0.15) is 11.4 Å². The molecule has 0 radical (unpaired) electrons. The summed E-state index contributed by atoms with van der Waals surface area (Å²) in [5, 5.41) is 0. The Hall–Kier alpha value is -3.57. The number of hydrogen-bond acceptors (Lipinski definition) is 3. The van der Waals surface area contributed by atoms with Gasteiger partial charge in [-0.2, -0.15) is 79.0 Å². The second kappa shape index (κ2) is 9.72. The fourth-order valence-electron chi connectivity index (χ4n) is 3.26. The number of H-pyrrole nitrogens is 1. The van der Waals surface area contributed by atoms with Crippen molar-refractivity contribution in [1.29, 1.82) is 0 Å². The van der Waals surface area contributed by atoms with Gasteiger partial charge in [0.25, 0.3) is 0 Å². The van der Waals surface area contributed by atoms with Crippen molar-refractivity contribution in [3.8, 4) is 0 Å². The van der Waals surface area contributed by atoms with E-state index in [2.05, 4.69) is 14.3 Å². The van der Waals surface area contributed by atoms with Crippen molar-refractivity contribution in [2.24, 2.45) is 4.99 Å². The van der Waals surface area contributed by atoms with E-state index < -0.39 is 89.3 Å². The molecule has 0 atom stereocenters. The van der Waals surface area contributed by atoms with Crippen molar-refractivity contribution < 1.29 is 97.0 Å². The fourth-order valence-corrected chi connectivity index (χ4v) is 3.26. The standard InChI is InChI=1S/C19H6BF20N2O2/c21-12(22,14(25,26)16(29,30)18(33,34)35)10-3-1-6(41-10)8-5-9(44-20(39,40)43-8)7-2-4-11(42-7)13(23,24)15(27,28)17(31,32)19(36,37)38/h1-5,41H/q-1/b9-7-. The number of aliphatic imine (C=N–C) groups is 1. The van der Waals surface area contributed by atoms with Crippen LogP contribution >= 0.6 is 0 Å². The van der Waals surface area contributed by atoms with E-state index in [9.17, 15) is 87.7 Å². The zero-order valence-electron chi connectivity index (χ0n) is 19.8. The summed E-state index contributed by atoms with van der Waals surface area (Å²) in [4.78, 5) is 3.65. The maximum absolute atomic E-state index is 14.1. The van der Waals surface area contributed by atoms with E-state index in [0.717, 1.165) is 4.98 Å². The van der Waals surface area contributed by atoms with Crippen LogP contribution < -0.4 is 0 Å². The van der Waals surface area contributed by atoms with Gasteiger partial charge < -0.3 is 22.9 Å². The quantitative estimate of drug-likeness (QED) is 0.232. The smallest absolute Gasteiger partial charge is 0.626 e. The van der Waals surface area contributed by atoms with Gasteiger partial charge in [-0.3, -0.25) is 0 Å². The molecule has 0 saturated heterocycles. The van der Waals surface area contributed by atoms with Crippen LogP contribution in [-0.2, 0) is 15.2 Å². The maximum atomic E-state index is 14.1. The highest BCUT2D eigenvalue weighted by atomic mass is 19.4. The number of hydrogen-bond donors (Lipinski definition) is 1. The summed E-state index contributed by atoms with van der Waals surface area (Å²) >= 11 is 0. The molecular formula is C19H6BF20N2O2-. The lowest BCUT2D eigenvalue weighted by Gasteiger charge is -2.35. The number of alkyl halides is 18. The Bertz CT molecular complexity index is 1430. The number of nitrogens with zero attached hydrogens (tertiary/aromatic N) is 1. The first-order chi connectivity index (χ1) is 19.4. The van der Waals surface area contributed by atoms with Crippen molar-refractivity contribution >= 4 is 18.6 Å². The van der Waals surface area contributed by atoms with Gasteiger partial charge in [0, 0.05) is 6.08 Å². The number of allylic oxidation sites excluding steroid dienone is 3. The van der Waals surface area contributed by atoms with Gasteiger partial charge in [-0.1, -0.05) is 0 Å². The minimum Gasteiger partial charge on any atom is -0.626 e. The maximum Gasteiger partial charge on any atom is 0.726 e. The Morgan fingerprint density at radius 1 is 0.591 bits per heavy atom. The average molecular weight is 685 g/mol. The SMILES string of the molecule is F[B-]1(F)OC(c2ccc(C(F)(F)C(F)(F)C(F)(F)C(F)(F)F)[nH]2)=C/C(=C2\C=CC(C(F)(F)C(F)(F)C(F)(F)C(F)(F)F)=N2)O1. The molecule has 0 spiro atoms. The molecule has 0 unspecified atom stereocenters. The molecule has 1 aromatic heterocycles. The number of aromatic amines is 1. The first-order valence-corrected chi connectivity index (χ1v) is 10.6. The molecule has 0 aliphatic carbocycles. The van der Waals surface area contributed by atoms with E-state index in [-0.39, 0.29) is 30.4 Å². The molecule has 248 valence electrons. The number of rotatable bonds is 7. The summed E-state index contributed by atoms with van der Waals surface area (Å²) in [6.45, 7) is 0. The monoisotopic (exact) mass is 685 g/mol. The third kappa shape index (κ3) is 5.13. The summed E-state index contributed by atoms with van der Waals surface area (Å²) < 4.78 is 274. The Balaban J connectivity index is 2.06. The molecule has 1 aromatic rings. The minimum atomic E-state index is -7.37. The van der Waals surface area contributed by atoms with Gasteiger partial charge in [0.15, 0.2) is 0 Å². The molecule has 0 bridgehead atoms. The molecule has 1 N–H and O–H groups in total. The topological polar surface area (TPSA) is 46.6 Å². The molecule has 3 heterocycles. The molecular weight excluding hydrogens is 679 g/mol. The van der Waals surface area contributed by atoms with Crippen LogP contribution in [0.2, 0.25) is 0 Å². The minimum absolute atomic E-state index is 0.0160. The Morgan fingerprint density at radius 2 is 1.07 bits per heavy atom. The lowest BCUT2D eigenvalue weighted by molar-refractivity contribution is -0.400. The van der Waals surface area contributed by atoms with Crippen LogP contribution in [0.4, 0.5) is 87.7 Å². The number of halogens is 20. The summed E-state index contributed by atoms with van der Waals surface area (Å²) in [5.74, 6) is -45.2.